The first-order valence-electron chi connectivity index (χ1n) is 8.78. The molecule has 0 spiro atoms. The van der Waals surface area contributed by atoms with Crippen molar-refractivity contribution in [2.24, 2.45) is 0 Å². The Balaban J connectivity index is 1.39. The standard InChI is InChI=1S/C17H25NO6S/c19-25(20,14-6-7-15-16(13-14)22-12-11-21-15)18-8-2-4-10-24-17-5-1-3-9-23-17/h6-7,13,17-18H,1-5,8-12H2. The molecule has 1 aromatic carbocycles. The van der Waals surface area contributed by atoms with Crippen molar-refractivity contribution < 1.29 is 27.4 Å². The van der Waals surface area contributed by atoms with Crippen LogP contribution in [0.25, 0.3) is 0 Å². The molecule has 1 atom stereocenters. The van der Waals surface area contributed by atoms with Crippen LogP contribution in [0.15, 0.2) is 23.1 Å². The van der Waals surface area contributed by atoms with Crippen molar-refractivity contribution in [1.82, 2.24) is 4.72 Å². The maximum absolute atomic E-state index is 12.3. The molecule has 140 valence electrons. The molecule has 0 bridgehead atoms. The van der Waals surface area contributed by atoms with Crippen LogP contribution < -0.4 is 14.2 Å². The average molecular weight is 371 g/mol. The second-order valence-corrected chi connectivity index (χ2v) is 7.84. The van der Waals surface area contributed by atoms with Crippen LogP contribution >= 0.6 is 0 Å². The molecule has 1 fully saturated rings. The zero-order valence-electron chi connectivity index (χ0n) is 14.2. The third-order valence-corrected chi connectivity index (χ3v) is 5.59. The van der Waals surface area contributed by atoms with Gasteiger partial charge >= 0.3 is 0 Å². The molecular formula is C17H25NO6S. The van der Waals surface area contributed by atoms with Gasteiger partial charge in [-0.3, -0.25) is 0 Å². The minimum Gasteiger partial charge on any atom is -0.486 e. The molecule has 1 aromatic rings. The van der Waals surface area contributed by atoms with E-state index in [2.05, 4.69) is 4.72 Å². The molecule has 1 unspecified atom stereocenters. The quantitative estimate of drug-likeness (QED) is 0.705. The Hall–Kier alpha value is -1.35. The molecule has 0 aromatic heterocycles. The maximum atomic E-state index is 12.3. The molecule has 0 aliphatic carbocycles. The molecule has 0 radical (unpaired) electrons. The van der Waals surface area contributed by atoms with E-state index in [1.807, 2.05) is 0 Å². The highest BCUT2D eigenvalue weighted by molar-refractivity contribution is 7.89. The van der Waals surface area contributed by atoms with Crippen molar-refractivity contribution >= 4 is 10.0 Å². The minimum absolute atomic E-state index is 0.0943. The molecule has 2 aliphatic rings. The Labute approximate surface area is 148 Å². The number of unbranched alkanes of at least 4 members (excludes halogenated alkanes) is 1. The second-order valence-electron chi connectivity index (χ2n) is 6.08. The molecule has 2 heterocycles. The summed E-state index contributed by atoms with van der Waals surface area (Å²) < 4.78 is 49.2. The van der Waals surface area contributed by atoms with Gasteiger partial charge in [0.15, 0.2) is 17.8 Å². The van der Waals surface area contributed by atoms with E-state index in [4.69, 9.17) is 18.9 Å². The molecular weight excluding hydrogens is 346 g/mol. The highest BCUT2D eigenvalue weighted by Crippen LogP contribution is 2.32. The monoisotopic (exact) mass is 371 g/mol. The molecule has 1 saturated heterocycles. The number of sulfonamides is 1. The minimum atomic E-state index is -3.55. The van der Waals surface area contributed by atoms with Crippen molar-refractivity contribution in [3.63, 3.8) is 0 Å². The molecule has 8 heteroatoms. The van der Waals surface area contributed by atoms with E-state index in [1.54, 1.807) is 6.07 Å². The van der Waals surface area contributed by atoms with E-state index in [1.165, 1.54) is 12.1 Å². The summed E-state index contributed by atoms with van der Waals surface area (Å²) in [6, 6.07) is 4.65. The zero-order chi connectivity index (χ0) is 17.5. The summed E-state index contributed by atoms with van der Waals surface area (Å²) in [4.78, 5) is 0.184. The third-order valence-electron chi connectivity index (χ3n) is 4.13. The smallest absolute Gasteiger partial charge is 0.240 e. The molecule has 0 saturated carbocycles. The first-order chi connectivity index (χ1) is 12.1. The second kappa shape index (κ2) is 8.84. The van der Waals surface area contributed by atoms with Crippen LogP contribution in [0.1, 0.15) is 32.1 Å². The fourth-order valence-corrected chi connectivity index (χ4v) is 3.85. The number of nitrogens with one attached hydrogen (secondary N) is 1. The number of ether oxygens (including phenoxy) is 4. The van der Waals surface area contributed by atoms with Crippen molar-refractivity contribution in [3.05, 3.63) is 18.2 Å². The first kappa shape index (κ1) is 18.4. The van der Waals surface area contributed by atoms with Gasteiger partial charge in [-0.25, -0.2) is 13.1 Å². The van der Waals surface area contributed by atoms with Gasteiger partial charge in [0.25, 0.3) is 0 Å². The Kier molecular flexibility index (Phi) is 6.52. The number of rotatable bonds is 8. The number of hydrogen-bond donors (Lipinski definition) is 1. The van der Waals surface area contributed by atoms with Gasteiger partial charge in [0.05, 0.1) is 4.90 Å². The van der Waals surface area contributed by atoms with Gasteiger partial charge < -0.3 is 18.9 Å². The van der Waals surface area contributed by atoms with E-state index in [9.17, 15) is 8.42 Å². The van der Waals surface area contributed by atoms with Gasteiger partial charge in [-0.2, -0.15) is 0 Å². The normalized spacial score (nSPS) is 20.4. The van der Waals surface area contributed by atoms with E-state index in [0.29, 0.717) is 44.3 Å². The molecule has 1 N–H and O–H groups in total. The molecule has 3 rings (SSSR count). The summed E-state index contributed by atoms with van der Waals surface area (Å²) >= 11 is 0. The predicted molar refractivity (Wildman–Crippen MR) is 91.4 cm³/mol. The fourth-order valence-electron chi connectivity index (χ4n) is 2.77. The predicted octanol–water partition coefficient (Wildman–Crippen LogP) is 2.06. The van der Waals surface area contributed by atoms with Crippen molar-refractivity contribution in [2.75, 3.05) is 33.0 Å². The summed E-state index contributed by atoms with van der Waals surface area (Å²) in [6.07, 6.45) is 4.57. The maximum Gasteiger partial charge on any atom is 0.240 e. The number of hydrogen-bond acceptors (Lipinski definition) is 6. The Morgan fingerprint density at radius 3 is 2.72 bits per heavy atom. The first-order valence-corrected chi connectivity index (χ1v) is 10.3. The summed E-state index contributed by atoms with van der Waals surface area (Å²) in [6.45, 7) is 2.61. The van der Waals surface area contributed by atoms with Gasteiger partial charge in [0, 0.05) is 25.8 Å². The van der Waals surface area contributed by atoms with Crippen LogP contribution in [-0.2, 0) is 19.5 Å². The summed E-state index contributed by atoms with van der Waals surface area (Å²) in [5.74, 6) is 1.04. The van der Waals surface area contributed by atoms with Crippen LogP contribution in [0.4, 0.5) is 0 Å². The summed E-state index contributed by atoms with van der Waals surface area (Å²) in [5, 5.41) is 0. The van der Waals surface area contributed by atoms with Crippen LogP contribution in [0.5, 0.6) is 11.5 Å². The highest BCUT2D eigenvalue weighted by Gasteiger charge is 2.19. The Bertz CT molecular complexity index is 657. The van der Waals surface area contributed by atoms with Crippen molar-refractivity contribution in [1.29, 1.82) is 0 Å². The van der Waals surface area contributed by atoms with Crippen molar-refractivity contribution in [3.8, 4) is 11.5 Å². The van der Waals surface area contributed by atoms with Crippen molar-refractivity contribution in [2.45, 2.75) is 43.3 Å². The molecule has 2 aliphatic heterocycles. The van der Waals surface area contributed by atoms with Gasteiger partial charge in [-0.1, -0.05) is 0 Å². The third kappa shape index (κ3) is 5.31. The largest absolute Gasteiger partial charge is 0.486 e. The lowest BCUT2D eigenvalue weighted by Crippen LogP contribution is -2.26. The SMILES string of the molecule is O=S(=O)(NCCCCOC1CCCCO1)c1ccc2c(c1)OCCO2. The number of benzene rings is 1. The fraction of sp³-hybridized carbons (Fsp3) is 0.647. The van der Waals surface area contributed by atoms with Crippen LogP contribution in [0, 0.1) is 0 Å². The highest BCUT2D eigenvalue weighted by atomic mass is 32.2. The van der Waals surface area contributed by atoms with E-state index in [-0.39, 0.29) is 11.2 Å². The average Bonchev–Trinajstić information content (AvgIpc) is 2.65. The van der Waals surface area contributed by atoms with Gasteiger partial charge in [0.1, 0.15) is 13.2 Å². The van der Waals surface area contributed by atoms with E-state index >= 15 is 0 Å². The van der Waals surface area contributed by atoms with E-state index < -0.39 is 10.0 Å². The van der Waals surface area contributed by atoms with Crippen LogP contribution in [-0.4, -0.2) is 47.7 Å². The molecule has 0 amide bonds. The summed E-state index contributed by atoms with van der Waals surface area (Å²) in [7, 11) is -3.55. The summed E-state index contributed by atoms with van der Waals surface area (Å²) in [5.41, 5.74) is 0. The zero-order valence-corrected chi connectivity index (χ0v) is 15.1. The van der Waals surface area contributed by atoms with Gasteiger partial charge in [-0.05, 0) is 44.2 Å². The lowest BCUT2D eigenvalue weighted by molar-refractivity contribution is -0.162. The lowest BCUT2D eigenvalue weighted by Gasteiger charge is -2.22. The van der Waals surface area contributed by atoms with Crippen LogP contribution in [0.2, 0.25) is 0 Å². The lowest BCUT2D eigenvalue weighted by atomic mass is 10.2. The van der Waals surface area contributed by atoms with Crippen LogP contribution in [0.3, 0.4) is 0 Å². The molecule has 25 heavy (non-hydrogen) atoms. The molecule has 7 nitrogen and oxygen atoms in total. The van der Waals surface area contributed by atoms with E-state index in [0.717, 1.165) is 32.3 Å². The van der Waals surface area contributed by atoms with Gasteiger partial charge in [-0.15, -0.1) is 0 Å². The Morgan fingerprint density at radius 1 is 1.08 bits per heavy atom. The Morgan fingerprint density at radius 2 is 1.92 bits per heavy atom. The topological polar surface area (TPSA) is 83.1 Å². The number of fused-ring (bicyclic) bond motifs is 1. The van der Waals surface area contributed by atoms with Gasteiger partial charge in [0.2, 0.25) is 10.0 Å².